The monoisotopic (exact) mass is 266 g/mol. The van der Waals surface area contributed by atoms with Gasteiger partial charge in [0.1, 0.15) is 0 Å². The first-order valence-corrected chi connectivity index (χ1v) is 7.17. The number of ether oxygens (including phenoxy) is 1. The number of esters is 1. The van der Waals surface area contributed by atoms with Gasteiger partial charge in [-0.2, -0.15) is 0 Å². The number of methoxy groups -OCH3 is 1. The van der Waals surface area contributed by atoms with E-state index in [0.717, 1.165) is 12.0 Å². The first-order valence-electron chi connectivity index (χ1n) is 7.17. The third-order valence-corrected chi connectivity index (χ3v) is 3.09. The van der Waals surface area contributed by atoms with Crippen LogP contribution in [0.1, 0.15) is 60.3 Å². The summed E-state index contributed by atoms with van der Waals surface area (Å²) in [4.78, 5) is 11.0. The maximum absolute atomic E-state index is 11.0. The molecule has 0 saturated carbocycles. The molecule has 0 bridgehead atoms. The first-order chi connectivity index (χ1) is 8.74. The van der Waals surface area contributed by atoms with Crippen LogP contribution < -0.4 is 0 Å². The van der Waals surface area contributed by atoms with Gasteiger partial charge in [0, 0.05) is 6.08 Å². The molecule has 0 fully saturated rings. The SMILES string of the molecule is COC(=O)/C=C(C)/C=C/CC(C)CCCC(C)(C)C. The molecule has 0 aromatic heterocycles. The second kappa shape index (κ2) is 8.95. The number of allylic oxidation sites excluding steroid dienone is 3. The Bertz CT molecular complexity index is 319. The van der Waals surface area contributed by atoms with Gasteiger partial charge in [0.15, 0.2) is 0 Å². The molecule has 0 heterocycles. The van der Waals surface area contributed by atoms with Crippen molar-refractivity contribution in [3.8, 4) is 0 Å². The first kappa shape index (κ1) is 17.9. The average molecular weight is 266 g/mol. The summed E-state index contributed by atoms with van der Waals surface area (Å²) in [6.07, 6.45) is 10.6. The highest BCUT2D eigenvalue weighted by atomic mass is 16.5. The maximum Gasteiger partial charge on any atom is 0.330 e. The van der Waals surface area contributed by atoms with E-state index in [1.807, 2.05) is 13.0 Å². The third-order valence-electron chi connectivity index (χ3n) is 3.09. The van der Waals surface area contributed by atoms with Crippen molar-refractivity contribution in [3.63, 3.8) is 0 Å². The fourth-order valence-electron chi connectivity index (χ4n) is 1.88. The molecular formula is C17H30O2. The Morgan fingerprint density at radius 3 is 2.47 bits per heavy atom. The van der Waals surface area contributed by atoms with Crippen LogP contribution in [0.15, 0.2) is 23.8 Å². The summed E-state index contributed by atoms with van der Waals surface area (Å²) in [5, 5.41) is 0. The van der Waals surface area contributed by atoms with Gasteiger partial charge in [-0.3, -0.25) is 0 Å². The zero-order chi connectivity index (χ0) is 14.9. The lowest BCUT2D eigenvalue weighted by atomic mass is 9.87. The summed E-state index contributed by atoms with van der Waals surface area (Å²) < 4.78 is 4.58. The quantitative estimate of drug-likeness (QED) is 0.372. The Morgan fingerprint density at radius 1 is 1.32 bits per heavy atom. The van der Waals surface area contributed by atoms with Gasteiger partial charge in [-0.25, -0.2) is 4.79 Å². The maximum atomic E-state index is 11.0. The van der Waals surface area contributed by atoms with Crippen LogP contribution in [0.3, 0.4) is 0 Å². The van der Waals surface area contributed by atoms with E-state index in [1.54, 1.807) is 0 Å². The average Bonchev–Trinajstić information content (AvgIpc) is 2.26. The van der Waals surface area contributed by atoms with Crippen LogP contribution >= 0.6 is 0 Å². The lowest BCUT2D eigenvalue weighted by molar-refractivity contribution is -0.134. The summed E-state index contributed by atoms with van der Waals surface area (Å²) >= 11 is 0. The van der Waals surface area contributed by atoms with Crippen LogP contribution in [0.25, 0.3) is 0 Å². The molecule has 0 N–H and O–H groups in total. The molecule has 0 aliphatic rings. The second-order valence-corrected chi connectivity index (χ2v) is 6.61. The minimum Gasteiger partial charge on any atom is -0.466 e. The van der Waals surface area contributed by atoms with E-state index in [4.69, 9.17) is 0 Å². The van der Waals surface area contributed by atoms with Crippen molar-refractivity contribution in [2.24, 2.45) is 11.3 Å². The predicted octanol–water partition coefficient (Wildman–Crippen LogP) is 4.90. The number of hydrogen-bond donors (Lipinski definition) is 0. The van der Waals surface area contributed by atoms with Gasteiger partial charge in [-0.1, -0.05) is 52.7 Å². The molecule has 2 heteroatoms. The zero-order valence-corrected chi connectivity index (χ0v) is 13.5. The van der Waals surface area contributed by atoms with E-state index >= 15 is 0 Å². The Morgan fingerprint density at radius 2 is 1.95 bits per heavy atom. The summed E-state index contributed by atoms with van der Waals surface area (Å²) in [6.45, 7) is 11.1. The van der Waals surface area contributed by atoms with Gasteiger partial charge in [0.05, 0.1) is 7.11 Å². The fraction of sp³-hybridized carbons (Fsp3) is 0.706. The third kappa shape index (κ3) is 11.8. The Hall–Kier alpha value is -1.05. The normalized spacial score (nSPS) is 14.7. The largest absolute Gasteiger partial charge is 0.466 e. The molecule has 19 heavy (non-hydrogen) atoms. The Labute approximate surface area is 118 Å². The molecule has 0 spiro atoms. The molecule has 0 aromatic rings. The molecule has 1 unspecified atom stereocenters. The van der Waals surface area contributed by atoms with Gasteiger partial charge < -0.3 is 4.74 Å². The summed E-state index contributed by atoms with van der Waals surface area (Å²) in [5.41, 5.74) is 1.38. The highest BCUT2D eigenvalue weighted by molar-refractivity contribution is 5.83. The lowest BCUT2D eigenvalue weighted by Crippen LogP contribution is -2.05. The number of carbonyl (C=O) groups excluding carboxylic acids is 1. The van der Waals surface area contributed by atoms with Gasteiger partial charge in [-0.05, 0) is 36.7 Å². The molecule has 0 aliphatic heterocycles. The van der Waals surface area contributed by atoms with Crippen LogP contribution in [-0.2, 0) is 9.53 Å². The second-order valence-electron chi connectivity index (χ2n) is 6.61. The van der Waals surface area contributed by atoms with E-state index < -0.39 is 0 Å². The van der Waals surface area contributed by atoms with E-state index in [-0.39, 0.29) is 5.97 Å². The zero-order valence-electron chi connectivity index (χ0n) is 13.5. The van der Waals surface area contributed by atoms with Crippen LogP contribution in [0.4, 0.5) is 0 Å². The molecule has 0 radical (unpaired) electrons. The predicted molar refractivity (Wildman–Crippen MR) is 82.0 cm³/mol. The highest BCUT2D eigenvalue weighted by Gasteiger charge is 2.10. The number of carbonyl (C=O) groups is 1. The standard InChI is InChI=1S/C17H30O2/c1-14(11-8-12-17(3,4)5)9-7-10-15(2)13-16(18)19-6/h7,10,13-14H,8-9,11-12H2,1-6H3/b10-7+,15-13+. The summed E-state index contributed by atoms with van der Waals surface area (Å²) in [5.74, 6) is 0.407. The molecule has 0 amide bonds. The van der Waals surface area contributed by atoms with Crippen molar-refractivity contribution in [3.05, 3.63) is 23.8 Å². The van der Waals surface area contributed by atoms with Gasteiger partial charge in [0.2, 0.25) is 0 Å². The van der Waals surface area contributed by atoms with Crippen LogP contribution in [-0.4, -0.2) is 13.1 Å². The summed E-state index contributed by atoms with van der Waals surface area (Å²) in [6, 6.07) is 0. The Balaban J connectivity index is 3.93. The molecule has 0 aliphatic carbocycles. The Kier molecular flexibility index (Phi) is 8.46. The number of rotatable bonds is 7. The van der Waals surface area contributed by atoms with Gasteiger partial charge >= 0.3 is 5.97 Å². The van der Waals surface area contributed by atoms with Crippen molar-refractivity contribution in [2.75, 3.05) is 7.11 Å². The van der Waals surface area contributed by atoms with E-state index in [9.17, 15) is 4.79 Å². The minimum absolute atomic E-state index is 0.291. The van der Waals surface area contributed by atoms with Crippen LogP contribution in [0, 0.1) is 11.3 Å². The van der Waals surface area contributed by atoms with Crippen molar-refractivity contribution in [2.45, 2.75) is 60.3 Å². The smallest absolute Gasteiger partial charge is 0.330 e. The van der Waals surface area contributed by atoms with E-state index in [2.05, 4.69) is 38.5 Å². The lowest BCUT2D eigenvalue weighted by Gasteiger charge is -2.18. The minimum atomic E-state index is -0.291. The molecule has 2 nitrogen and oxygen atoms in total. The van der Waals surface area contributed by atoms with E-state index in [0.29, 0.717) is 11.3 Å². The molecule has 110 valence electrons. The highest BCUT2D eigenvalue weighted by Crippen LogP contribution is 2.24. The topological polar surface area (TPSA) is 26.3 Å². The number of hydrogen-bond acceptors (Lipinski definition) is 2. The molecule has 0 rings (SSSR count). The molecular weight excluding hydrogens is 236 g/mol. The summed E-state index contributed by atoms with van der Waals surface area (Å²) in [7, 11) is 1.40. The van der Waals surface area contributed by atoms with E-state index in [1.165, 1.54) is 32.4 Å². The van der Waals surface area contributed by atoms with Crippen LogP contribution in [0.5, 0.6) is 0 Å². The van der Waals surface area contributed by atoms with Gasteiger partial charge in [0.25, 0.3) is 0 Å². The molecule has 0 aromatic carbocycles. The van der Waals surface area contributed by atoms with Crippen molar-refractivity contribution in [1.82, 2.24) is 0 Å². The van der Waals surface area contributed by atoms with Gasteiger partial charge in [-0.15, -0.1) is 0 Å². The van der Waals surface area contributed by atoms with Crippen LogP contribution in [0.2, 0.25) is 0 Å². The molecule has 1 atom stereocenters. The fourth-order valence-corrected chi connectivity index (χ4v) is 1.88. The van der Waals surface area contributed by atoms with Crippen molar-refractivity contribution >= 4 is 5.97 Å². The molecule has 0 saturated heterocycles. The van der Waals surface area contributed by atoms with Crippen molar-refractivity contribution < 1.29 is 9.53 Å². The van der Waals surface area contributed by atoms with Crippen molar-refractivity contribution in [1.29, 1.82) is 0 Å².